The van der Waals surface area contributed by atoms with Crippen LogP contribution < -0.4 is 10.6 Å². The summed E-state index contributed by atoms with van der Waals surface area (Å²) in [6.07, 6.45) is 4.42. The predicted octanol–water partition coefficient (Wildman–Crippen LogP) is 2.60. The van der Waals surface area contributed by atoms with Crippen LogP contribution in [0.15, 0.2) is 53.7 Å². The van der Waals surface area contributed by atoms with Crippen molar-refractivity contribution >= 4 is 11.6 Å². The molecule has 0 aliphatic carbocycles. The van der Waals surface area contributed by atoms with Crippen LogP contribution in [0.2, 0.25) is 0 Å². The van der Waals surface area contributed by atoms with Crippen LogP contribution in [0.3, 0.4) is 0 Å². The zero-order chi connectivity index (χ0) is 18.9. The highest BCUT2D eigenvalue weighted by Gasteiger charge is 2.04. The number of aromatic nitrogens is 3. The van der Waals surface area contributed by atoms with E-state index in [-0.39, 0.29) is 5.82 Å². The second-order valence-corrected chi connectivity index (χ2v) is 6.22. The Bertz CT molecular complexity index is 889. The molecule has 0 fully saturated rings. The Kier molecular flexibility index (Phi) is 6.73. The first-order valence-corrected chi connectivity index (χ1v) is 9.31. The molecule has 27 heavy (non-hydrogen) atoms. The third-order valence-electron chi connectivity index (χ3n) is 4.15. The molecule has 142 valence electrons. The van der Waals surface area contributed by atoms with Crippen LogP contribution in [0.4, 0.5) is 4.39 Å². The van der Waals surface area contributed by atoms with Crippen molar-refractivity contribution in [2.45, 2.75) is 26.2 Å². The van der Waals surface area contributed by atoms with Crippen LogP contribution >= 0.6 is 0 Å². The molecule has 3 aromatic rings. The van der Waals surface area contributed by atoms with E-state index in [9.17, 15) is 4.39 Å². The maximum Gasteiger partial charge on any atom is 0.191 e. The van der Waals surface area contributed by atoms with Crippen molar-refractivity contribution in [2.24, 2.45) is 4.99 Å². The number of hydrogen-bond donors (Lipinski definition) is 2. The van der Waals surface area contributed by atoms with Crippen molar-refractivity contribution in [2.75, 3.05) is 19.6 Å². The maximum absolute atomic E-state index is 13.2. The lowest BCUT2D eigenvalue weighted by Gasteiger charge is -2.11. The van der Waals surface area contributed by atoms with Crippen molar-refractivity contribution in [3.05, 3.63) is 65.9 Å². The Labute approximate surface area is 158 Å². The summed E-state index contributed by atoms with van der Waals surface area (Å²) in [7, 11) is 0. The number of halogens is 1. The summed E-state index contributed by atoms with van der Waals surface area (Å²) in [6.45, 7) is 4.22. The van der Waals surface area contributed by atoms with E-state index in [4.69, 9.17) is 0 Å². The van der Waals surface area contributed by atoms with Gasteiger partial charge < -0.3 is 10.6 Å². The Morgan fingerprint density at radius 3 is 2.89 bits per heavy atom. The smallest absolute Gasteiger partial charge is 0.191 e. The number of nitrogens with one attached hydrogen (secondary N) is 2. The topological polar surface area (TPSA) is 66.6 Å². The summed E-state index contributed by atoms with van der Waals surface area (Å²) < 4.78 is 15.2. The molecular weight excluding hydrogens is 343 g/mol. The summed E-state index contributed by atoms with van der Waals surface area (Å²) in [5, 5.41) is 14.9. The van der Waals surface area contributed by atoms with E-state index in [2.05, 4.69) is 25.8 Å². The summed E-state index contributed by atoms with van der Waals surface area (Å²) in [5.41, 5.74) is 1.83. The fraction of sp³-hybridized carbons (Fsp3) is 0.350. The first-order valence-electron chi connectivity index (χ1n) is 9.31. The van der Waals surface area contributed by atoms with Crippen molar-refractivity contribution in [3.8, 4) is 0 Å². The Morgan fingerprint density at radius 1 is 1.11 bits per heavy atom. The number of guanidine groups is 1. The minimum absolute atomic E-state index is 0.200. The standard InChI is InChI=1S/C20H25FN6/c1-2-22-20(24-13-11-16-7-5-8-17(21)15-16)23-12-6-10-19-26-25-18-9-3-4-14-27(18)19/h3-5,7-9,14-15H,2,6,10-13H2,1H3,(H2,22,23,24). The molecule has 0 bridgehead atoms. The molecule has 7 heteroatoms. The third kappa shape index (κ3) is 5.51. The molecule has 0 amide bonds. The normalized spacial score (nSPS) is 11.7. The van der Waals surface area contributed by atoms with E-state index in [1.165, 1.54) is 6.07 Å². The summed E-state index contributed by atoms with van der Waals surface area (Å²) in [6, 6.07) is 12.6. The van der Waals surface area contributed by atoms with E-state index in [0.717, 1.165) is 48.8 Å². The lowest BCUT2D eigenvalue weighted by atomic mass is 10.1. The van der Waals surface area contributed by atoms with Crippen molar-refractivity contribution in [1.29, 1.82) is 0 Å². The monoisotopic (exact) mass is 368 g/mol. The lowest BCUT2D eigenvalue weighted by Crippen LogP contribution is -2.38. The molecule has 0 saturated heterocycles. The number of rotatable bonds is 8. The second-order valence-electron chi connectivity index (χ2n) is 6.22. The van der Waals surface area contributed by atoms with Gasteiger partial charge in [-0.25, -0.2) is 4.39 Å². The highest BCUT2D eigenvalue weighted by molar-refractivity contribution is 5.79. The predicted molar refractivity (Wildman–Crippen MR) is 105 cm³/mol. The minimum atomic E-state index is -0.200. The molecule has 6 nitrogen and oxygen atoms in total. The van der Waals surface area contributed by atoms with Crippen LogP contribution in [-0.4, -0.2) is 40.2 Å². The molecule has 2 N–H and O–H groups in total. The molecule has 2 heterocycles. The van der Waals surface area contributed by atoms with Gasteiger partial charge in [-0.3, -0.25) is 9.39 Å². The Morgan fingerprint density at radius 2 is 2.04 bits per heavy atom. The first-order chi connectivity index (χ1) is 13.3. The van der Waals surface area contributed by atoms with E-state index >= 15 is 0 Å². The van der Waals surface area contributed by atoms with Crippen LogP contribution in [0.1, 0.15) is 24.7 Å². The van der Waals surface area contributed by atoms with Crippen LogP contribution in [0, 0.1) is 5.82 Å². The third-order valence-corrected chi connectivity index (χ3v) is 4.15. The van der Waals surface area contributed by atoms with Gasteiger partial charge in [0, 0.05) is 32.3 Å². The highest BCUT2D eigenvalue weighted by Crippen LogP contribution is 2.05. The van der Waals surface area contributed by atoms with Gasteiger partial charge in [0.25, 0.3) is 0 Å². The molecule has 0 unspecified atom stereocenters. The van der Waals surface area contributed by atoms with Gasteiger partial charge in [0.05, 0.1) is 0 Å². The SMILES string of the molecule is CCNC(=NCCCc1nnc2ccccn12)NCCc1cccc(F)c1. The largest absolute Gasteiger partial charge is 0.357 e. The van der Waals surface area contributed by atoms with Crippen molar-refractivity contribution in [1.82, 2.24) is 25.2 Å². The van der Waals surface area contributed by atoms with Gasteiger partial charge in [-0.1, -0.05) is 18.2 Å². The zero-order valence-electron chi connectivity index (χ0n) is 15.5. The van der Waals surface area contributed by atoms with Gasteiger partial charge in [-0.2, -0.15) is 0 Å². The van der Waals surface area contributed by atoms with Crippen LogP contribution in [0.5, 0.6) is 0 Å². The zero-order valence-corrected chi connectivity index (χ0v) is 15.5. The van der Waals surface area contributed by atoms with Crippen molar-refractivity contribution < 1.29 is 4.39 Å². The van der Waals surface area contributed by atoms with Gasteiger partial charge in [0.2, 0.25) is 0 Å². The number of aliphatic imine (C=N–C) groups is 1. The fourth-order valence-electron chi connectivity index (χ4n) is 2.85. The average Bonchev–Trinajstić information content (AvgIpc) is 3.08. The number of aryl methyl sites for hydroxylation is 1. The molecule has 2 aromatic heterocycles. The average molecular weight is 368 g/mol. The van der Waals surface area contributed by atoms with E-state index in [1.54, 1.807) is 12.1 Å². The summed E-state index contributed by atoms with van der Waals surface area (Å²) in [4.78, 5) is 4.60. The molecule has 0 aliphatic rings. The molecular formula is C20H25FN6. The van der Waals surface area contributed by atoms with E-state index in [1.807, 2.05) is 41.8 Å². The molecule has 0 aliphatic heterocycles. The van der Waals surface area contributed by atoms with E-state index < -0.39 is 0 Å². The van der Waals surface area contributed by atoms with Gasteiger partial charge in [-0.15, -0.1) is 10.2 Å². The van der Waals surface area contributed by atoms with Gasteiger partial charge >= 0.3 is 0 Å². The molecule has 1 aromatic carbocycles. The second kappa shape index (κ2) is 9.66. The highest BCUT2D eigenvalue weighted by atomic mass is 19.1. The quantitative estimate of drug-likeness (QED) is 0.364. The Balaban J connectivity index is 1.47. The first kappa shape index (κ1) is 18.8. The maximum atomic E-state index is 13.2. The minimum Gasteiger partial charge on any atom is -0.357 e. The van der Waals surface area contributed by atoms with Gasteiger partial charge in [0.1, 0.15) is 11.6 Å². The Hall–Kier alpha value is -2.96. The van der Waals surface area contributed by atoms with Crippen LogP contribution in [0.25, 0.3) is 5.65 Å². The number of hydrogen-bond acceptors (Lipinski definition) is 3. The van der Waals surface area contributed by atoms with Gasteiger partial charge in [0.15, 0.2) is 11.6 Å². The summed E-state index contributed by atoms with van der Waals surface area (Å²) in [5.74, 6) is 1.53. The summed E-state index contributed by atoms with van der Waals surface area (Å²) >= 11 is 0. The molecule has 0 atom stereocenters. The molecule has 0 radical (unpaired) electrons. The van der Waals surface area contributed by atoms with Crippen LogP contribution in [-0.2, 0) is 12.8 Å². The number of pyridine rings is 1. The van der Waals surface area contributed by atoms with E-state index in [0.29, 0.717) is 13.1 Å². The van der Waals surface area contributed by atoms with Gasteiger partial charge in [-0.05, 0) is 49.6 Å². The molecule has 3 rings (SSSR count). The number of nitrogens with zero attached hydrogens (tertiary/aromatic N) is 4. The molecule has 0 saturated carbocycles. The number of fused-ring (bicyclic) bond motifs is 1. The fourth-order valence-corrected chi connectivity index (χ4v) is 2.85. The van der Waals surface area contributed by atoms with Crippen molar-refractivity contribution in [3.63, 3.8) is 0 Å². The molecule has 0 spiro atoms. The number of benzene rings is 1. The lowest BCUT2D eigenvalue weighted by molar-refractivity contribution is 0.625.